The molecule has 0 saturated carbocycles. The minimum Gasteiger partial charge on any atom is -0.350 e. The number of carbonyl (C=O) groups excluding carboxylic acids is 1. The van der Waals surface area contributed by atoms with Gasteiger partial charge >= 0.3 is 0 Å². The van der Waals surface area contributed by atoms with Gasteiger partial charge in [-0.2, -0.15) is 5.10 Å². The highest BCUT2D eigenvalue weighted by molar-refractivity contribution is 7.17. The van der Waals surface area contributed by atoms with E-state index < -0.39 is 6.04 Å². The standard InChI is InChI=1S/C20H20N4O2S/c1-12-4-6-15(7-5-12)11-21-19(25)13(2)24-20(26)17-10-18-16(8-9-27-18)23(17)14(3)22-24/h4-10,13H,11H2,1-3H3,(H,21,25)/t13-/m1/s1. The van der Waals surface area contributed by atoms with Gasteiger partial charge in [0, 0.05) is 6.54 Å². The van der Waals surface area contributed by atoms with Crippen molar-refractivity contribution >= 4 is 33.0 Å². The molecule has 0 bridgehead atoms. The molecule has 7 heteroatoms. The molecule has 1 amide bonds. The molecule has 6 nitrogen and oxygen atoms in total. The fourth-order valence-electron chi connectivity index (χ4n) is 3.21. The van der Waals surface area contributed by atoms with Crippen LogP contribution < -0.4 is 10.9 Å². The zero-order valence-electron chi connectivity index (χ0n) is 15.4. The molecule has 0 spiro atoms. The number of carbonyl (C=O) groups is 1. The summed E-state index contributed by atoms with van der Waals surface area (Å²) in [6.07, 6.45) is 0. The van der Waals surface area contributed by atoms with Crippen LogP contribution in [0.15, 0.2) is 46.6 Å². The molecular weight excluding hydrogens is 360 g/mol. The highest BCUT2D eigenvalue weighted by Crippen LogP contribution is 2.24. The van der Waals surface area contributed by atoms with E-state index in [-0.39, 0.29) is 11.5 Å². The zero-order chi connectivity index (χ0) is 19.1. The first-order valence-corrected chi connectivity index (χ1v) is 9.65. The third-order valence-electron chi connectivity index (χ3n) is 4.76. The summed E-state index contributed by atoms with van der Waals surface area (Å²) in [6.45, 7) is 5.98. The fourth-order valence-corrected chi connectivity index (χ4v) is 4.01. The number of thiophene rings is 1. The van der Waals surface area contributed by atoms with Crippen LogP contribution in [0.25, 0.3) is 15.7 Å². The van der Waals surface area contributed by atoms with Gasteiger partial charge in [-0.25, -0.2) is 4.68 Å². The molecule has 4 aromatic rings. The lowest BCUT2D eigenvalue weighted by Gasteiger charge is -2.15. The maximum Gasteiger partial charge on any atom is 0.291 e. The van der Waals surface area contributed by atoms with Crippen molar-refractivity contribution in [2.75, 3.05) is 0 Å². The van der Waals surface area contributed by atoms with E-state index in [1.165, 1.54) is 10.2 Å². The van der Waals surface area contributed by atoms with Gasteiger partial charge in [-0.3, -0.25) is 14.0 Å². The molecule has 138 valence electrons. The number of hydrogen-bond acceptors (Lipinski definition) is 4. The Labute approximate surface area is 160 Å². The SMILES string of the molecule is Cc1ccc(CNC(=O)[C@@H](C)n2nc(C)n3c(cc4sccc43)c2=O)cc1. The topological polar surface area (TPSA) is 68.4 Å². The number of benzene rings is 1. The van der Waals surface area contributed by atoms with E-state index in [0.717, 1.165) is 15.8 Å². The van der Waals surface area contributed by atoms with Gasteiger partial charge in [-0.15, -0.1) is 11.3 Å². The number of rotatable bonds is 4. The monoisotopic (exact) mass is 380 g/mol. The summed E-state index contributed by atoms with van der Waals surface area (Å²) in [5.74, 6) is 0.443. The fraction of sp³-hybridized carbons (Fsp3) is 0.250. The quantitative estimate of drug-likeness (QED) is 0.591. The second-order valence-corrected chi connectivity index (χ2v) is 7.66. The van der Waals surface area contributed by atoms with Crippen molar-refractivity contribution in [2.24, 2.45) is 0 Å². The second kappa shape index (κ2) is 6.66. The zero-order valence-corrected chi connectivity index (χ0v) is 16.2. The third kappa shape index (κ3) is 3.04. The van der Waals surface area contributed by atoms with Crippen LogP contribution in [0.3, 0.4) is 0 Å². The molecule has 0 radical (unpaired) electrons. The largest absolute Gasteiger partial charge is 0.350 e. The smallest absolute Gasteiger partial charge is 0.291 e. The van der Waals surface area contributed by atoms with Crippen LogP contribution in [0.1, 0.15) is 29.9 Å². The number of aromatic nitrogens is 3. The van der Waals surface area contributed by atoms with Gasteiger partial charge in [0.1, 0.15) is 17.4 Å². The molecule has 1 N–H and O–H groups in total. The summed E-state index contributed by atoms with van der Waals surface area (Å²) in [5, 5.41) is 9.28. The number of fused-ring (bicyclic) bond motifs is 3. The van der Waals surface area contributed by atoms with Crippen LogP contribution in [0.5, 0.6) is 0 Å². The van der Waals surface area contributed by atoms with Crippen LogP contribution in [0.4, 0.5) is 0 Å². The van der Waals surface area contributed by atoms with Gasteiger partial charge in [-0.05, 0) is 43.8 Å². The highest BCUT2D eigenvalue weighted by atomic mass is 32.1. The van der Waals surface area contributed by atoms with Gasteiger partial charge in [0.25, 0.3) is 5.56 Å². The predicted octanol–water partition coefficient (Wildman–Crippen LogP) is 3.20. The molecule has 0 aliphatic carbocycles. The van der Waals surface area contributed by atoms with Gasteiger partial charge in [-0.1, -0.05) is 29.8 Å². The maximum atomic E-state index is 12.9. The number of nitrogens with zero attached hydrogens (tertiary/aromatic N) is 3. The molecule has 0 aliphatic rings. The van der Waals surface area contributed by atoms with Gasteiger partial charge in [0.15, 0.2) is 0 Å². The molecule has 4 rings (SSSR count). The Morgan fingerprint density at radius 1 is 1.19 bits per heavy atom. The summed E-state index contributed by atoms with van der Waals surface area (Å²) in [5.41, 5.74) is 3.44. The predicted molar refractivity (Wildman–Crippen MR) is 107 cm³/mol. The van der Waals surface area contributed by atoms with E-state index in [0.29, 0.717) is 17.9 Å². The van der Waals surface area contributed by atoms with E-state index in [4.69, 9.17) is 0 Å². The lowest BCUT2D eigenvalue weighted by molar-refractivity contribution is -0.124. The molecular formula is C20H20N4O2S. The van der Waals surface area contributed by atoms with Crippen molar-refractivity contribution in [3.05, 3.63) is 69.1 Å². The average molecular weight is 380 g/mol. The Hall–Kier alpha value is -2.93. The lowest BCUT2D eigenvalue weighted by atomic mass is 10.1. The maximum absolute atomic E-state index is 12.9. The summed E-state index contributed by atoms with van der Waals surface area (Å²) in [6, 6.07) is 11.1. The van der Waals surface area contributed by atoms with Gasteiger partial charge in [0.2, 0.25) is 5.91 Å². The third-order valence-corrected chi connectivity index (χ3v) is 5.61. The molecule has 0 saturated heterocycles. The second-order valence-electron chi connectivity index (χ2n) is 6.71. The van der Waals surface area contributed by atoms with Crippen molar-refractivity contribution in [1.82, 2.24) is 19.5 Å². The van der Waals surface area contributed by atoms with Crippen molar-refractivity contribution < 1.29 is 4.79 Å². The van der Waals surface area contributed by atoms with E-state index in [9.17, 15) is 9.59 Å². The first-order valence-electron chi connectivity index (χ1n) is 8.77. The normalized spacial score (nSPS) is 12.6. The number of nitrogens with one attached hydrogen (secondary N) is 1. The van der Waals surface area contributed by atoms with Gasteiger partial charge in [0.05, 0.1) is 10.2 Å². The van der Waals surface area contributed by atoms with Gasteiger partial charge < -0.3 is 5.32 Å². The molecule has 27 heavy (non-hydrogen) atoms. The molecule has 3 heterocycles. The van der Waals surface area contributed by atoms with Crippen molar-refractivity contribution in [2.45, 2.75) is 33.4 Å². The van der Waals surface area contributed by atoms with Crippen molar-refractivity contribution in [1.29, 1.82) is 0 Å². The van der Waals surface area contributed by atoms with E-state index in [1.807, 2.05) is 60.0 Å². The Morgan fingerprint density at radius 2 is 1.93 bits per heavy atom. The Morgan fingerprint density at radius 3 is 2.67 bits per heavy atom. The molecule has 1 atom stereocenters. The molecule has 1 aromatic carbocycles. The minimum absolute atomic E-state index is 0.234. The molecule has 0 unspecified atom stereocenters. The Balaban J connectivity index is 1.62. The Bertz CT molecular complexity index is 1200. The highest BCUT2D eigenvalue weighted by Gasteiger charge is 2.21. The van der Waals surface area contributed by atoms with Crippen LogP contribution in [0, 0.1) is 13.8 Å². The minimum atomic E-state index is -0.695. The first kappa shape index (κ1) is 17.5. The Kier molecular flexibility index (Phi) is 4.31. The van der Waals surface area contributed by atoms with E-state index in [1.54, 1.807) is 18.3 Å². The summed E-state index contributed by atoms with van der Waals surface area (Å²) in [7, 11) is 0. The van der Waals surface area contributed by atoms with Crippen molar-refractivity contribution in [3.63, 3.8) is 0 Å². The summed E-state index contributed by atoms with van der Waals surface area (Å²) < 4.78 is 4.16. The van der Waals surface area contributed by atoms with Crippen LogP contribution in [-0.4, -0.2) is 20.1 Å². The van der Waals surface area contributed by atoms with Crippen LogP contribution in [0.2, 0.25) is 0 Å². The molecule has 3 aromatic heterocycles. The van der Waals surface area contributed by atoms with E-state index in [2.05, 4.69) is 10.4 Å². The molecule has 0 fully saturated rings. The average Bonchev–Trinajstić information content (AvgIpc) is 3.24. The summed E-state index contributed by atoms with van der Waals surface area (Å²) >= 11 is 1.58. The van der Waals surface area contributed by atoms with Crippen LogP contribution in [-0.2, 0) is 11.3 Å². The number of amides is 1. The van der Waals surface area contributed by atoms with Crippen molar-refractivity contribution in [3.8, 4) is 0 Å². The van der Waals surface area contributed by atoms with E-state index >= 15 is 0 Å². The number of hydrogen-bond donors (Lipinski definition) is 1. The first-order chi connectivity index (χ1) is 13.0. The van der Waals surface area contributed by atoms with Crippen LogP contribution >= 0.6 is 11.3 Å². The lowest BCUT2D eigenvalue weighted by Crippen LogP contribution is -2.38. The number of aryl methyl sites for hydroxylation is 2. The summed E-state index contributed by atoms with van der Waals surface area (Å²) in [4.78, 5) is 25.5. The molecule has 0 aliphatic heterocycles.